The smallest absolute Gasteiger partial charge is 0.323 e. The Morgan fingerprint density at radius 1 is 0.977 bits per heavy atom. The van der Waals surface area contributed by atoms with E-state index in [1.165, 1.54) is 0 Å². The van der Waals surface area contributed by atoms with Crippen LogP contribution in [0.15, 0.2) is 48.5 Å². The van der Waals surface area contributed by atoms with Crippen LogP contribution < -0.4 is 5.32 Å². The zero-order chi connectivity index (χ0) is 31.0. The zero-order valence-electron chi connectivity index (χ0n) is 25.3. The van der Waals surface area contributed by atoms with E-state index in [1.807, 2.05) is 57.2 Å². The molecule has 0 saturated carbocycles. The van der Waals surface area contributed by atoms with E-state index < -0.39 is 17.9 Å². The number of carboxylic acid groups (broad SMARTS) is 1. The van der Waals surface area contributed by atoms with Crippen LogP contribution in [0.2, 0.25) is 0 Å². The van der Waals surface area contributed by atoms with Crippen molar-refractivity contribution in [2.75, 3.05) is 18.4 Å². The van der Waals surface area contributed by atoms with E-state index in [1.54, 1.807) is 12.1 Å². The Hall–Kier alpha value is -3.31. The van der Waals surface area contributed by atoms with Crippen molar-refractivity contribution >= 4 is 23.5 Å². The molecule has 0 radical (unpaired) electrons. The van der Waals surface area contributed by atoms with Crippen LogP contribution in [0.4, 0.5) is 5.69 Å². The van der Waals surface area contributed by atoms with Gasteiger partial charge in [0.05, 0.1) is 18.8 Å². The van der Waals surface area contributed by atoms with Crippen LogP contribution in [-0.4, -0.2) is 63.8 Å². The van der Waals surface area contributed by atoms with Gasteiger partial charge in [0.25, 0.3) is 0 Å². The molecule has 2 aliphatic heterocycles. The van der Waals surface area contributed by atoms with Crippen LogP contribution in [0.25, 0.3) is 0 Å². The number of likely N-dealkylation sites (tertiary alicyclic amines) is 1. The van der Waals surface area contributed by atoms with Gasteiger partial charge in [-0.05, 0) is 76.3 Å². The third kappa shape index (κ3) is 9.86. The number of unbranched alkanes of at least 4 members (excludes halogenated alkanes) is 1. The van der Waals surface area contributed by atoms with E-state index in [4.69, 9.17) is 19.3 Å². The van der Waals surface area contributed by atoms with Crippen molar-refractivity contribution in [3.63, 3.8) is 0 Å². The lowest BCUT2D eigenvalue weighted by Crippen LogP contribution is -2.45. The average molecular weight is 597 g/mol. The van der Waals surface area contributed by atoms with Crippen LogP contribution in [-0.2, 0) is 35.2 Å². The fraction of sp³-hybridized carbons (Fsp3) is 0.545. The molecule has 10 heteroatoms. The minimum Gasteiger partial charge on any atom is -0.481 e. The Balaban J connectivity index is 1.45. The summed E-state index contributed by atoms with van der Waals surface area (Å²) < 4.78 is 18.6. The van der Waals surface area contributed by atoms with Gasteiger partial charge in [-0.3, -0.25) is 19.3 Å². The minimum atomic E-state index is -0.863. The number of hydrogen-bond donors (Lipinski definition) is 3. The Kier molecular flexibility index (Phi) is 11.3. The number of rotatable bonds is 12. The number of aliphatic hydroxyl groups excluding tert-OH is 1. The molecule has 10 nitrogen and oxygen atoms in total. The average Bonchev–Trinajstić information content (AvgIpc) is 3.43. The fourth-order valence-corrected chi connectivity index (χ4v) is 5.48. The Bertz CT molecular complexity index is 1220. The van der Waals surface area contributed by atoms with Gasteiger partial charge < -0.3 is 29.7 Å². The minimum absolute atomic E-state index is 0.0353. The second kappa shape index (κ2) is 14.9. The largest absolute Gasteiger partial charge is 0.481 e. The molecule has 1 amide bonds. The number of benzene rings is 2. The lowest BCUT2D eigenvalue weighted by atomic mass is 9.99. The first-order valence-electron chi connectivity index (χ1n) is 15.1. The SMILES string of the molecule is CC(C)(C)OC(=O)C1CCCN1CC1CC(c2ccc(CO)cc2)OC(c2ccc(NC(=O)CCCCC(=O)O)cc2)O1. The van der Waals surface area contributed by atoms with Crippen LogP contribution in [0, 0.1) is 0 Å². The molecule has 4 atom stereocenters. The number of esters is 1. The van der Waals surface area contributed by atoms with Gasteiger partial charge in [-0.15, -0.1) is 0 Å². The molecule has 234 valence electrons. The molecular formula is C33H44N2O8. The molecule has 2 saturated heterocycles. The number of anilines is 1. The second-order valence-electron chi connectivity index (χ2n) is 12.3. The van der Waals surface area contributed by atoms with Crippen molar-refractivity contribution in [3.8, 4) is 0 Å². The van der Waals surface area contributed by atoms with Crippen molar-refractivity contribution in [1.29, 1.82) is 0 Å². The summed E-state index contributed by atoms with van der Waals surface area (Å²) in [4.78, 5) is 38.1. The topological polar surface area (TPSA) is 135 Å². The molecule has 43 heavy (non-hydrogen) atoms. The van der Waals surface area contributed by atoms with Gasteiger partial charge in [-0.1, -0.05) is 36.4 Å². The van der Waals surface area contributed by atoms with Gasteiger partial charge in [0.15, 0.2) is 6.29 Å². The Labute approximate surface area is 253 Å². The highest BCUT2D eigenvalue weighted by molar-refractivity contribution is 5.90. The quantitative estimate of drug-likeness (QED) is 0.226. The molecule has 4 unspecified atom stereocenters. The first kappa shape index (κ1) is 32.6. The number of carbonyl (C=O) groups is 3. The molecule has 2 aliphatic rings. The first-order chi connectivity index (χ1) is 20.5. The number of amides is 1. The Morgan fingerprint density at radius 2 is 1.65 bits per heavy atom. The lowest BCUT2D eigenvalue weighted by molar-refractivity contribution is -0.253. The molecule has 2 heterocycles. The van der Waals surface area contributed by atoms with Crippen LogP contribution in [0.1, 0.15) is 94.8 Å². The van der Waals surface area contributed by atoms with Crippen molar-refractivity contribution in [2.24, 2.45) is 0 Å². The van der Waals surface area contributed by atoms with Crippen LogP contribution in [0.3, 0.4) is 0 Å². The van der Waals surface area contributed by atoms with Crippen molar-refractivity contribution in [2.45, 2.75) is 102 Å². The summed E-state index contributed by atoms with van der Waals surface area (Å²) in [6.45, 7) is 6.94. The van der Waals surface area contributed by atoms with E-state index in [9.17, 15) is 19.5 Å². The molecule has 0 aromatic heterocycles. The predicted octanol–water partition coefficient (Wildman–Crippen LogP) is 5.11. The van der Waals surface area contributed by atoms with Gasteiger partial charge in [-0.25, -0.2) is 0 Å². The first-order valence-corrected chi connectivity index (χ1v) is 15.1. The van der Waals surface area contributed by atoms with Gasteiger partial charge in [0.2, 0.25) is 5.91 Å². The fourth-order valence-electron chi connectivity index (χ4n) is 5.48. The molecule has 0 aliphatic carbocycles. The normalized spacial score (nSPS) is 22.7. The number of aliphatic carboxylic acids is 1. The molecule has 2 aromatic carbocycles. The highest BCUT2D eigenvalue weighted by Crippen LogP contribution is 2.39. The van der Waals surface area contributed by atoms with Crippen molar-refractivity contribution < 1.29 is 38.8 Å². The molecule has 0 spiro atoms. The van der Waals surface area contributed by atoms with Crippen LogP contribution in [0.5, 0.6) is 0 Å². The summed E-state index contributed by atoms with van der Waals surface area (Å²) in [5, 5.41) is 21.1. The highest BCUT2D eigenvalue weighted by Gasteiger charge is 2.38. The maximum atomic E-state index is 13.0. The molecular weight excluding hydrogens is 552 g/mol. The third-order valence-electron chi connectivity index (χ3n) is 7.61. The van der Waals surface area contributed by atoms with Crippen molar-refractivity contribution in [1.82, 2.24) is 4.90 Å². The van der Waals surface area contributed by atoms with Crippen molar-refractivity contribution in [3.05, 3.63) is 65.2 Å². The van der Waals surface area contributed by atoms with Crippen LogP contribution >= 0.6 is 0 Å². The van der Waals surface area contributed by atoms with E-state index >= 15 is 0 Å². The van der Waals surface area contributed by atoms with Gasteiger partial charge in [0.1, 0.15) is 11.6 Å². The lowest BCUT2D eigenvalue weighted by Gasteiger charge is -2.38. The summed E-state index contributed by atoms with van der Waals surface area (Å²) in [5.41, 5.74) is 2.68. The number of carbonyl (C=O) groups excluding carboxylic acids is 2. The number of carboxylic acids is 1. The highest BCUT2D eigenvalue weighted by atomic mass is 16.7. The monoisotopic (exact) mass is 596 g/mol. The third-order valence-corrected chi connectivity index (χ3v) is 7.61. The number of ether oxygens (including phenoxy) is 3. The summed E-state index contributed by atoms with van der Waals surface area (Å²) in [6, 6.07) is 14.7. The molecule has 2 fully saturated rings. The zero-order valence-corrected chi connectivity index (χ0v) is 25.3. The second-order valence-corrected chi connectivity index (χ2v) is 12.3. The van der Waals surface area contributed by atoms with Gasteiger partial charge >= 0.3 is 11.9 Å². The summed E-state index contributed by atoms with van der Waals surface area (Å²) in [5.74, 6) is -1.23. The number of nitrogens with one attached hydrogen (secondary N) is 1. The number of hydrogen-bond acceptors (Lipinski definition) is 8. The predicted molar refractivity (Wildman–Crippen MR) is 160 cm³/mol. The van der Waals surface area contributed by atoms with Gasteiger partial charge in [0, 0.05) is 37.1 Å². The molecule has 2 aromatic rings. The molecule has 0 bridgehead atoms. The van der Waals surface area contributed by atoms with E-state index in [-0.39, 0.29) is 49.6 Å². The summed E-state index contributed by atoms with van der Waals surface area (Å²) in [6.07, 6.45) is 2.40. The van der Waals surface area contributed by atoms with E-state index in [0.717, 1.165) is 36.1 Å². The maximum Gasteiger partial charge on any atom is 0.323 e. The molecule has 3 N–H and O–H groups in total. The molecule has 4 rings (SSSR count). The standard InChI is InChI=1S/C33H44N2O8/c1-33(2,3)43-31(40)27-7-6-18-35(27)20-26-19-28(23-12-10-22(21-36)11-13-23)42-32(41-26)24-14-16-25(17-15-24)34-29(37)8-4-5-9-30(38)39/h10-17,26-28,32,36H,4-9,18-21H2,1-3H3,(H,34,37)(H,38,39). The van der Waals surface area contributed by atoms with E-state index in [2.05, 4.69) is 10.2 Å². The maximum absolute atomic E-state index is 13.0. The summed E-state index contributed by atoms with van der Waals surface area (Å²) in [7, 11) is 0. The number of nitrogens with zero attached hydrogens (tertiary/aromatic N) is 1. The summed E-state index contributed by atoms with van der Waals surface area (Å²) >= 11 is 0. The number of aliphatic hydroxyl groups is 1. The van der Waals surface area contributed by atoms with Gasteiger partial charge in [-0.2, -0.15) is 0 Å². The Morgan fingerprint density at radius 3 is 2.30 bits per heavy atom. The van der Waals surface area contributed by atoms with E-state index in [0.29, 0.717) is 31.5 Å².